The van der Waals surface area contributed by atoms with Crippen LogP contribution in [-0.2, 0) is 4.79 Å². The van der Waals surface area contributed by atoms with Crippen LogP contribution in [0.1, 0.15) is 19.8 Å². The van der Waals surface area contributed by atoms with Crippen LogP contribution in [-0.4, -0.2) is 35.9 Å². The summed E-state index contributed by atoms with van der Waals surface area (Å²) in [5.41, 5.74) is 12.1. The van der Waals surface area contributed by atoms with E-state index in [1.54, 1.807) is 6.20 Å². The number of pyridine rings is 1. The van der Waals surface area contributed by atoms with E-state index in [1.807, 2.05) is 24.4 Å². The number of nitrogens with zero attached hydrogens (tertiary/aromatic N) is 2. The summed E-state index contributed by atoms with van der Waals surface area (Å²) in [6.07, 6.45) is 3.41. The molecule has 1 fully saturated rings. The Kier molecular flexibility index (Phi) is 5.69. The number of aliphatic imine (C=N–C) groups is 1. The average molecular weight is 373 g/mol. The first-order valence-electron chi connectivity index (χ1n) is 8.51. The summed E-state index contributed by atoms with van der Waals surface area (Å²) >= 11 is 1.51. The lowest BCUT2D eigenvalue weighted by Crippen LogP contribution is -2.35. The molecule has 0 aliphatic carbocycles. The van der Waals surface area contributed by atoms with Gasteiger partial charge in [-0.25, -0.2) is 4.98 Å². The summed E-state index contributed by atoms with van der Waals surface area (Å²) in [5, 5.41) is 12.5. The van der Waals surface area contributed by atoms with Gasteiger partial charge in [0.05, 0.1) is 11.7 Å². The summed E-state index contributed by atoms with van der Waals surface area (Å²) in [6.45, 7) is 3.81. The number of thiophene rings is 1. The van der Waals surface area contributed by atoms with E-state index >= 15 is 0 Å². The molecule has 3 heterocycles. The van der Waals surface area contributed by atoms with Crippen molar-refractivity contribution in [1.82, 2.24) is 15.6 Å². The number of hydrogen-bond acceptors (Lipinski definition) is 7. The SMILES string of the molecule is CCC(=N[C@@H]1CCNC1)N/C(Nc1csc2ncccc12)=C(\N)C(N)=O. The maximum Gasteiger partial charge on any atom is 0.268 e. The van der Waals surface area contributed by atoms with Gasteiger partial charge in [-0.1, -0.05) is 6.92 Å². The molecule has 0 saturated carbocycles. The highest BCUT2D eigenvalue weighted by atomic mass is 32.1. The molecule has 138 valence electrons. The van der Waals surface area contributed by atoms with E-state index in [1.165, 1.54) is 11.3 Å². The Labute approximate surface area is 155 Å². The molecule has 0 aromatic carbocycles. The Bertz CT molecular complexity index is 852. The molecule has 2 aromatic heterocycles. The Morgan fingerprint density at radius 1 is 1.50 bits per heavy atom. The molecule has 2 aromatic rings. The number of aromatic nitrogens is 1. The molecule has 0 bridgehead atoms. The number of rotatable bonds is 6. The second kappa shape index (κ2) is 8.15. The fourth-order valence-electron chi connectivity index (χ4n) is 2.71. The lowest BCUT2D eigenvalue weighted by Gasteiger charge is -2.17. The minimum absolute atomic E-state index is 0.0704. The molecule has 0 unspecified atom stereocenters. The van der Waals surface area contributed by atoms with Gasteiger partial charge >= 0.3 is 0 Å². The third-order valence-electron chi connectivity index (χ3n) is 4.12. The van der Waals surface area contributed by atoms with Crippen molar-refractivity contribution >= 4 is 39.0 Å². The van der Waals surface area contributed by atoms with Crippen LogP contribution in [0, 0.1) is 0 Å². The first-order chi connectivity index (χ1) is 12.6. The number of amides is 1. The van der Waals surface area contributed by atoms with E-state index < -0.39 is 5.91 Å². The Morgan fingerprint density at radius 2 is 2.35 bits per heavy atom. The van der Waals surface area contributed by atoms with Gasteiger partial charge in [-0.05, 0) is 25.1 Å². The highest BCUT2D eigenvalue weighted by Gasteiger charge is 2.17. The summed E-state index contributed by atoms with van der Waals surface area (Å²) in [4.78, 5) is 21.6. The number of primary amides is 1. The summed E-state index contributed by atoms with van der Waals surface area (Å²) in [6, 6.07) is 4.04. The average Bonchev–Trinajstić information content (AvgIpc) is 3.29. The van der Waals surface area contributed by atoms with Crippen molar-refractivity contribution in [3.8, 4) is 0 Å². The van der Waals surface area contributed by atoms with Crippen molar-refractivity contribution in [2.75, 3.05) is 18.4 Å². The van der Waals surface area contributed by atoms with Gasteiger partial charge in [0.15, 0.2) is 0 Å². The second-order valence-electron chi connectivity index (χ2n) is 5.98. The summed E-state index contributed by atoms with van der Waals surface area (Å²) in [7, 11) is 0. The highest BCUT2D eigenvalue weighted by molar-refractivity contribution is 7.17. The number of nitrogens with two attached hydrogens (primary N) is 2. The topological polar surface area (TPSA) is 130 Å². The minimum Gasteiger partial charge on any atom is -0.391 e. The second-order valence-corrected chi connectivity index (χ2v) is 6.84. The smallest absolute Gasteiger partial charge is 0.268 e. The zero-order valence-electron chi connectivity index (χ0n) is 14.6. The van der Waals surface area contributed by atoms with Crippen LogP contribution in [0.15, 0.2) is 40.2 Å². The first kappa shape index (κ1) is 18.2. The zero-order chi connectivity index (χ0) is 18.5. The van der Waals surface area contributed by atoms with Gasteiger partial charge in [0.2, 0.25) is 0 Å². The van der Waals surface area contributed by atoms with E-state index in [9.17, 15) is 4.79 Å². The molecule has 26 heavy (non-hydrogen) atoms. The van der Waals surface area contributed by atoms with Crippen LogP contribution in [0.5, 0.6) is 0 Å². The van der Waals surface area contributed by atoms with Gasteiger partial charge in [-0.3, -0.25) is 9.79 Å². The molecule has 1 atom stereocenters. The third kappa shape index (κ3) is 4.12. The summed E-state index contributed by atoms with van der Waals surface area (Å²) in [5.74, 6) is 0.395. The number of amidine groups is 1. The van der Waals surface area contributed by atoms with Crippen LogP contribution in [0.3, 0.4) is 0 Å². The molecule has 3 rings (SSSR count). The van der Waals surface area contributed by atoms with Gasteiger partial charge < -0.3 is 27.4 Å². The third-order valence-corrected chi connectivity index (χ3v) is 5.02. The van der Waals surface area contributed by atoms with Crippen molar-refractivity contribution in [2.45, 2.75) is 25.8 Å². The highest BCUT2D eigenvalue weighted by Crippen LogP contribution is 2.29. The van der Waals surface area contributed by atoms with Crippen LogP contribution >= 0.6 is 11.3 Å². The van der Waals surface area contributed by atoms with Crippen molar-refractivity contribution in [3.63, 3.8) is 0 Å². The maximum absolute atomic E-state index is 11.6. The zero-order valence-corrected chi connectivity index (χ0v) is 15.4. The fraction of sp³-hybridized carbons (Fsp3) is 0.353. The van der Waals surface area contributed by atoms with Gasteiger partial charge in [0, 0.05) is 29.9 Å². The minimum atomic E-state index is -0.698. The molecule has 7 N–H and O–H groups in total. The molecular formula is C17H23N7OS. The van der Waals surface area contributed by atoms with Crippen LogP contribution in [0.4, 0.5) is 5.69 Å². The molecule has 9 heteroatoms. The van der Waals surface area contributed by atoms with Gasteiger partial charge in [-0.2, -0.15) is 0 Å². The molecule has 1 aliphatic heterocycles. The normalized spacial score (nSPS) is 18.7. The number of anilines is 1. The Morgan fingerprint density at radius 3 is 3.04 bits per heavy atom. The van der Waals surface area contributed by atoms with E-state index in [0.29, 0.717) is 12.2 Å². The predicted octanol–water partition coefficient (Wildman–Crippen LogP) is 1.08. The number of fused-ring (bicyclic) bond motifs is 1. The van der Waals surface area contributed by atoms with Gasteiger partial charge in [-0.15, -0.1) is 11.3 Å². The largest absolute Gasteiger partial charge is 0.391 e. The molecule has 8 nitrogen and oxygen atoms in total. The number of carbonyl (C=O) groups is 1. The molecular weight excluding hydrogens is 350 g/mol. The van der Waals surface area contributed by atoms with Gasteiger partial charge in [0.1, 0.15) is 22.2 Å². The molecule has 1 aliphatic rings. The van der Waals surface area contributed by atoms with Crippen molar-refractivity contribution in [1.29, 1.82) is 0 Å². The standard InChI is InChI=1S/C17H23N7OS/c1-2-13(22-10-5-7-20-8-10)24-16(14(18)15(19)25)23-12-9-26-17-11(12)4-3-6-21-17/h3-4,6,9-10,20,23H,2,5,7-8,18H2,1H3,(H2,19,25)(H,22,24)/b16-14-/t10-/m1/s1. The monoisotopic (exact) mass is 373 g/mol. The Hall–Kier alpha value is -2.65. The first-order valence-corrected chi connectivity index (χ1v) is 9.39. The van der Waals surface area contributed by atoms with Crippen LogP contribution < -0.4 is 27.4 Å². The van der Waals surface area contributed by atoms with Crippen molar-refractivity contribution < 1.29 is 4.79 Å². The number of carbonyl (C=O) groups excluding carboxylic acids is 1. The number of nitrogens with one attached hydrogen (secondary N) is 3. The van der Waals surface area contributed by atoms with Crippen LogP contribution in [0.25, 0.3) is 10.2 Å². The quantitative estimate of drug-likeness (QED) is 0.293. The van der Waals surface area contributed by atoms with E-state index in [2.05, 4.69) is 20.9 Å². The molecule has 1 amide bonds. The van der Waals surface area contributed by atoms with Gasteiger partial charge in [0.25, 0.3) is 5.91 Å². The summed E-state index contributed by atoms with van der Waals surface area (Å²) < 4.78 is 0. The van der Waals surface area contributed by atoms with Crippen LogP contribution in [0.2, 0.25) is 0 Å². The van der Waals surface area contributed by atoms with Crippen molar-refractivity contribution in [3.05, 3.63) is 35.2 Å². The number of hydrogen-bond donors (Lipinski definition) is 5. The van der Waals surface area contributed by atoms with E-state index in [0.717, 1.165) is 41.2 Å². The Balaban J connectivity index is 1.88. The predicted molar refractivity (Wildman–Crippen MR) is 106 cm³/mol. The van der Waals surface area contributed by atoms with E-state index in [4.69, 9.17) is 16.5 Å². The molecule has 0 spiro atoms. The molecule has 1 saturated heterocycles. The van der Waals surface area contributed by atoms with E-state index in [-0.39, 0.29) is 11.7 Å². The fourth-order valence-corrected chi connectivity index (χ4v) is 3.56. The lowest BCUT2D eigenvalue weighted by atomic mass is 10.2. The molecule has 0 radical (unpaired) electrons. The maximum atomic E-state index is 11.6. The lowest BCUT2D eigenvalue weighted by molar-refractivity contribution is -0.114. The van der Waals surface area contributed by atoms with Crippen molar-refractivity contribution in [2.24, 2.45) is 16.5 Å².